The normalized spacial score (nSPS) is 10.6. The Balaban J connectivity index is 1.65. The summed E-state index contributed by atoms with van der Waals surface area (Å²) in [5, 5.41) is 0. The van der Waals surface area contributed by atoms with E-state index >= 15 is 0 Å². The Hall–Kier alpha value is -3.34. The highest BCUT2D eigenvalue weighted by molar-refractivity contribution is 6.06. The average molecular weight is 423 g/mol. The molecule has 2 rings (SSSR count). The first-order valence-electron chi connectivity index (χ1n) is 10.4. The number of hydrogen-bond acceptors (Lipinski definition) is 5. The van der Waals surface area contributed by atoms with E-state index in [9.17, 15) is 9.59 Å². The molecule has 164 valence electrons. The maximum absolute atomic E-state index is 12.2. The van der Waals surface area contributed by atoms with Crippen molar-refractivity contribution in [3.05, 3.63) is 77.9 Å². The summed E-state index contributed by atoms with van der Waals surface area (Å²) in [7, 11) is 1.59. The van der Waals surface area contributed by atoms with E-state index in [1.165, 1.54) is 0 Å². The van der Waals surface area contributed by atoms with E-state index in [0.717, 1.165) is 42.7 Å². The minimum atomic E-state index is -0.327. The van der Waals surface area contributed by atoms with Crippen LogP contribution in [0.2, 0.25) is 0 Å². The van der Waals surface area contributed by atoms with Crippen LogP contribution in [0.3, 0.4) is 0 Å². The Morgan fingerprint density at radius 2 is 1.48 bits per heavy atom. The molecule has 0 aromatic heterocycles. The standard InChI is InChI=1S/C26H30O5/c1-20(2)26(28)31-19-7-5-4-6-18-30-24-13-8-21(9-14-24)10-17-25(27)22-11-15-23(29-3)16-12-22/h8-17H,1,4-7,18-19H2,2-3H3. The van der Waals surface area contributed by atoms with Crippen molar-refractivity contribution in [3.8, 4) is 11.5 Å². The van der Waals surface area contributed by atoms with Crippen LogP contribution in [0.5, 0.6) is 11.5 Å². The molecule has 0 saturated heterocycles. The van der Waals surface area contributed by atoms with Gasteiger partial charge in [0.1, 0.15) is 11.5 Å². The summed E-state index contributed by atoms with van der Waals surface area (Å²) < 4.78 is 15.9. The van der Waals surface area contributed by atoms with Crippen molar-refractivity contribution in [2.75, 3.05) is 20.3 Å². The van der Waals surface area contributed by atoms with Gasteiger partial charge in [0.2, 0.25) is 0 Å². The van der Waals surface area contributed by atoms with Crippen LogP contribution in [-0.2, 0) is 9.53 Å². The number of carbonyl (C=O) groups is 2. The zero-order valence-electron chi connectivity index (χ0n) is 18.3. The fraction of sp³-hybridized carbons (Fsp3) is 0.308. The molecule has 0 aliphatic rings. The summed E-state index contributed by atoms with van der Waals surface area (Å²) >= 11 is 0. The summed E-state index contributed by atoms with van der Waals surface area (Å²) in [5.74, 6) is 1.14. The summed E-state index contributed by atoms with van der Waals surface area (Å²) in [6, 6.07) is 14.7. The summed E-state index contributed by atoms with van der Waals surface area (Å²) in [6.07, 6.45) is 7.13. The molecule has 0 saturated carbocycles. The van der Waals surface area contributed by atoms with Crippen LogP contribution in [0.1, 0.15) is 48.5 Å². The van der Waals surface area contributed by atoms with Gasteiger partial charge in [-0.25, -0.2) is 4.79 Å². The molecular formula is C26H30O5. The fourth-order valence-corrected chi connectivity index (χ4v) is 2.73. The van der Waals surface area contributed by atoms with Gasteiger partial charge < -0.3 is 14.2 Å². The Morgan fingerprint density at radius 3 is 2.10 bits per heavy atom. The molecule has 0 radical (unpaired) electrons. The lowest BCUT2D eigenvalue weighted by molar-refractivity contribution is -0.139. The second kappa shape index (κ2) is 13.1. The van der Waals surface area contributed by atoms with E-state index in [1.54, 1.807) is 50.5 Å². The summed E-state index contributed by atoms with van der Waals surface area (Å²) in [5.41, 5.74) is 1.98. The zero-order valence-corrected chi connectivity index (χ0v) is 18.3. The lowest BCUT2D eigenvalue weighted by atomic mass is 10.1. The smallest absolute Gasteiger partial charge is 0.333 e. The highest BCUT2D eigenvalue weighted by Gasteiger charge is 2.03. The van der Waals surface area contributed by atoms with Gasteiger partial charge in [0.15, 0.2) is 5.78 Å². The number of unbranched alkanes of at least 4 members (excludes halogenated alkanes) is 3. The third-order valence-corrected chi connectivity index (χ3v) is 4.57. The van der Waals surface area contributed by atoms with Crippen molar-refractivity contribution < 1.29 is 23.8 Å². The summed E-state index contributed by atoms with van der Waals surface area (Å²) in [4.78, 5) is 23.5. The van der Waals surface area contributed by atoms with Gasteiger partial charge in [-0.1, -0.05) is 24.8 Å². The maximum atomic E-state index is 12.2. The molecule has 0 atom stereocenters. The quantitative estimate of drug-likeness (QED) is 0.181. The first-order chi connectivity index (χ1) is 15.0. The number of benzene rings is 2. The van der Waals surface area contributed by atoms with Crippen molar-refractivity contribution in [1.29, 1.82) is 0 Å². The monoisotopic (exact) mass is 422 g/mol. The number of methoxy groups -OCH3 is 1. The number of carbonyl (C=O) groups excluding carboxylic acids is 2. The van der Waals surface area contributed by atoms with Crippen molar-refractivity contribution in [3.63, 3.8) is 0 Å². The Labute approximate surface area is 184 Å². The van der Waals surface area contributed by atoms with Crippen LogP contribution in [0.25, 0.3) is 6.08 Å². The SMILES string of the molecule is C=C(C)C(=O)OCCCCCCOc1ccc(C=CC(=O)c2ccc(OC)cc2)cc1. The van der Waals surface area contributed by atoms with E-state index < -0.39 is 0 Å². The first-order valence-corrected chi connectivity index (χ1v) is 10.4. The number of ether oxygens (including phenoxy) is 3. The van der Waals surface area contributed by atoms with E-state index in [2.05, 4.69) is 6.58 Å². The van der Waals surface area contributed by atoms with Crippen molar-refractivity contribution in [2.24, 2.45) is 0 Å². The van der Waals surface area contributed by atoms with Gasteiger partial charge in [-0.3, -0.25) is 4.79 Å². The molecule has 0 heterocycles. The predicted octanol–water partition coefficient (Wildman–Crippen LogP) is 5.65. The lowest BCUT2D eigenvalue weighted by Gasteiger charge is -2.07. The summed E-state index contributed by atoms with van der Waals surface area (Å²) in [6.45, 7) is 6.26. The molecule has 2 aromatic carbocycles. The molecule has 0 aliphatic heterocycles. The number of esters is 1. The fourth-order valence-electron chi connectivity index (χ4n) is 2.73. The van der Waals surface area contributed by atoms with Crippen LogP contribution in [0, 0.1) is 0 Å². The maximum Gasteiger partial charge on any atom is 0.333 e. The molecule has 31 heavy (non-hydrogen) atoms. The average Bonchev–Trinajstić information content (AvgIpc) is 2.79. The van der Waals surface area contributed by atoms with E-state index in [4.69, 9.17) is 14.2 Å². The van der Waals surface area contributed by atoms with Gasteiger partial charge in [0.25, 0.3) is 0 Å². The second-order valence-corrected chi connectivity index (χ2v) is 7.17. The number of allylic oxidation sites excluding steroid dienone is 1. The van der Waals surface area contributed by atoms with Gasteiger partial charge >= 0.3 is 5.97 Å². The predicted molar refractivity (Wildman–Crippen MR) is 123 cm³/mol. The van der Waals surface area contributed by atoms with Gasteiger partial charge in [0.05, 0.1) is 20.3 Å². The van der Waals surface area contributed by atoms with Gasteiger partial charge in [-0.05, 0) is 80.6 Å². The van der Waals surface area contributed by atoms with Gasteiger partial charge in [-0.15, -0.1) is 0 Å². The second-order valence-electron chi connectivity index (χ2n) is 7.17. The van der Waals surface area contributed by atoms with Crippen LogP contribution in [0.15, 0.2) is 66.8 Å². The molecule has 5 heteroatoms. The molecular weight excluding hydrogens is 392 g/mol. The van der Waals surface area contributed by atoms with Crippen LogP contribution < -0.4 is 9.47 Å². The molecule has 0 N–H and O–H groups in total. The van der Waals surface area contributed by atoms with Crippen LogP contribution in [0.4, 0.5) is 0 Å². The number of rotatable bonds is 13. The molecule has 0 amide bonds. The third kappa shape index (κ3) is 8.91. The number of hydrogen-bond donors (Lipinski definition) is 0. The van der Waals surface area contributed by atoms with Crippen LogP contribution in [-0.4, -0.2) is 32.1 Å². The molecule has 0 bridgehead atoms. The largest absolute Gasteiger partial charge is 0.497 e. The Bertz CT molecular complexity index is 879. The molecule has 0 fully saturated rings. The van der Waals surface area contributed by atoms with Crippen molar-refractivity contribution in [2.45, 2.75) is 32.6 Å². The highest BCUT2D eigenvalue weighted by Crippen LogP contribution is 2.16. The number of ketones is 1. The topological polar surface area (TPSA) is 61.8 Å². The minimum Gasteiger partial charge on any atom is -0.497 e. The van der Waals surface area contributed by atoms with Gasteiger partial charge in [-0.2, -0.15) is 0 Å². The van der Waals surface area contributed by atoms with Crippen LogP contribution >= 0.6 is 0 Å². The first kappa shape index (κ1) is 23.9. The lowest BCUT2D eigenvalue weighted by Crippen LogP contribution is -2.06. The molecule has 2 aromatic rings. The molecule has 0 spiro atoms. The minimum absolute atomic E-state index is 0.0580. The van der Waals surface area contributed by atoms with E-state index in [1.807, 2.05) is 24.3 Å². The molecule has 0 unspecified atom stereocenters. The third-order valence-electron chi connectivity index (χ3n) is 4.57. The van der Waals surface area contributed by atoms with E-state index in [-0.39, 0.29) is 11.8 Å². The molecule has 5 nitrogen and oxygen atoms in total. The van der Waals surface area contributed by atoms with Crippen molar-refractivity contribution >= 4 is 17.8 Å². The Kier molecular flexibility index (Phi) is 10.1. The zero-order chi connectivity index (χ0) is 22.5. The highest BCUT2D eigenvalue weighted by atomic mass is 16.5. The van der Waals surface area contributed by atoms with Gasteiger partial charge in [0, 0.05) is 11.1 Å². The van der Waals surface area contributed by atoms with E-state index in [0.29, 0.717) is 24.4 Å². The van der Waals surface area contributed by atoms with Crippen molar-refractivity contribution in [1.82, 2.24) is 0 Å². The molecule has 0 aliphatic carbocycles. The Morgan fingerprint density at radius 1 is 0.871 bits per heavy atom.